The van der Waals surface area contributed by atoms with Crippen molar-refractivity contribution in [2.24, 2.45) is 5.73 Å². The van der Waals surface area contributed by atoms with Gasteiger partial charge in [-0.15, -0.1) is 12.4 Å². The number of benzene rings is 2. The summed E-state index contributed by atoms with van der Waals surface area (Å²) in [5, 5.41) is 3.01. The summed E-state index contributed by atoms with van der Waals surface area (Å²) in [6.45, 7) is 8.30. The van der Waals surface area contributed by atoms with E-state index in [2.05, 4.69) is 42.3 Å². The van der Waals surface area contributed by atoms with Gasteiger partial charge in [0.05, 0.1) is 0 Å². The molecule has 4 nitrogen and oxygen atoms in total. The molecule has 0 heterocycles. The van der Waals surface area contributed by atoms with Crippen LogP contribution in [-0.4, -0.2) is 23.9 Å². The minimum absolute atomic E-state index is 0. The maximum atomic E-state index is 12.3. The third-order valence-electron chi connectivity index (χ3n) is 4.30. The summed E-state index contributed by atoms with van der Waals surface area (Å²) < 4.78 is 0. The third-order valence-corrected chi connectivity index (χ3v) is 4.30. The van der Waals surface area contributed by atoms with E-state index >= 15 is 0 Å². The lowest BCUT2D eigenvalue weighted by molar-refractivity contribution is 0.0950. The number of amides is 1. The molecule has 2 aromatic carbocycles. The van der Waals surface area contributed by atoms with Gasteiger partial charge in [0.2, 0.25) is 0 Å². The zero-order chi connectivity index (χ0) is 17.4. The Morgan fingerprint density at radius 3 is 2.16 bits per heavy atom. The molecule has 0 spiro atoms. The number of nitrogens with two attached hydrogens (primary N) is 1. The topological polar surface area (TPSA) is 58.4 Å². The van der Waals surface area contributed by atoms with Gasteiger partial charge in [0.15, 0.2) is 0 Å². The minimum Gasteiger partial charge on any atom is -0.348 e. The van der Waals surface area contributed by atoms with Crippen LogP contribution >= 0.6 is 12.4 Å². The minimum atomic E-state index is -0.0591. The second-order valence-electron chi connectivity index (χ2n) is 5.81. The highest BCUT2D eigenvalue weighted by Gasteiger charge is 2.09. The molecule has 0 saturated carbocycles. The van der Waals surface area contributed by atoms with Gasteiger partial charge in [0.1, 0.15) is 0 Å². The van der Waals surface area contributed by atoms with E-state index in [1.165, 1.54) is 5.56 Å². The summed E-state index contributed by atoms with van der Waals surface area (Å²) in [7, 11) is 0. The van der Waals surface area contributed by atoms with Crippen molar-refractivity contribution in [1.29, 1.82) is 0 Å². The van der Waals surface area contributed by atoms with Gasteiger partial charge in [-0.2, -0.15) is 0 Å². The van der Waals surface area contributed by atoms with Crippen molar-refractivity contribution in [3.8, 4) is 0 Å². The Kier molecular flexibility index (Phi) is 9.21. The van der Waals surface area contributed by atoms with E-state index in [4.69, 9.17) is 5.73 Å². The first kappa shape index (κ1) is 21.2. The van der Waals surface area contributed by atoms with Crippen LogP contribution in [-0.2, 0) is 19.6 Å². The fourth-order valence-electron chi connectivity index (χ4n) is 2.64. The number of rotatable bonds is 8. The first-order valence-electron chi connectivity index (χ1n) is 8.54. The summed E-state index contributed by atoms with van der Waals surface area (Å²) in [6.07, 6.45) is 0. The lowest BCUT2D eigenvalue weighted by atomic mass is 10.1. The maximum Gasteiger partial charge on any atom is 0.251 e. The van der Waals surface area contributed by atoms with Crippen LogP contribution in [0.1, 0.15) is 40.9 Å². The summed E-state index contributed by atoms with van der Waals surface area (Å²) >= 11 is 0. The van der Waals surface area contributed by atoms with E-state index < -0.39 is 0 Å². The molecule has 0 bridgehead atoms. The van der Waals surface area contributed by atoms with E-state index in [1.54, 1.807) is 0 Å². The first-order valence-corrected chi connectivity index (χ1v) is 8.54. The lowest BCUT2D eigenvalue weighted by Crippen LogP contribution is -2.26. The van der Waals surface area contributed by atoms with Crippen LogP contribution in [0.15, 0.2) is 48.5 Å². The molecule has 5 heteroatoms. The largest absolute Gasteiger partial charge is 0.348 e. The molecule has 0 aliphatic carbocycles. The number of hydrogen-bond donors (Lipinski definition) is 2. The molecule has 0 radical (unpaired) electrons. The molecular weight excluding hydrogens is 334 g/mol. The van der Waals surface area contributed by atoms with Crippen molar-refractivity contribution in [3.63, 3.8) is 0 Å². The zero-order valence-corrected chi connectivity index (χ0v) is 15.8. The van der Waals surface area contributed by atoms with Crippen molar-refractivity contribution >= 4 is 18.3 Å². The molecule has 0 atom stereocenters. The van der Waals surface area contributed by atoms with Gasteiger partial charge in [0.25, 0.3) is 5.91 Å². The second-order valence-corrected chi connectivity index (χ2v) is 5.81. The Morgan fingerprint density at radius 1 is 1.00 bits per heavy atom. The molecule has 0 aromatic heterocycles. The Balaban J connectivity index is 0.00000312. The van der Waals surface area contributed by atoms with Crippen molar-refractivity contribution < 1.29 is 4.79 Å². The van der Waals surface area contributed by atoms with Gasteiger partial charge < -0.3 is 11.1 Å². The van der Waals surface area contributed by atoms with E-state index in [0.29, 0.717) is 18.7 Å². The fraction of sp³-hybridized carbons (Fsp3) is 0.350. The molecule has 0 unspecified atom stereocenters. The molecule has 2 rings (SSSR count). The molecule has 2 aromatic rings. The Labute approximate surface area is 156 Å². The number of carbonyl (C=O) groups is 1. The number of nitrogens with one attached hydrogen (secondary N) is 1. The van der Waals surface area contributed by atoms with Crippen LogP contribution in [0.25, 0.3) is 0 Å². The highest BCUT2D eigenvalue weighted by Crippen LogP contribution is 2.12. The average molecular weight is 362 g/mol. The highest BCUT2D eigenvalue weighted by atomic mass is 35.5. The van der Waals surface area contributed by atoms with E-state index in [0.717, 1.165) is 30.8 Å². The predicted molar refractivity (Wildman–Crippen MR) is 106 cm³/mol. The maximum absolute atomic E-state index is 12.3. The van der Waals surface area contributed by atoms with Crippen LogP contribution < -0.4 is 11.1 Å². The summed E-state index contributed by atoms with van der Waals surface area (Å²) in [5.41, 5.74) is 9.70. The van der Waals surface area contributed by atoms with Crippen molar-refractivity contribution in [2.75, 3.05) is 13.1 Å². The van der Waals surface area contributed by atoms with E-state index in [-0.39, 0.29) is 18.3 Å². The predicted octanol–water partition coefficient (Wildman–Crippen LogP) is 3.34. The molecule has 0 fully saturated rings. The van der Waals surface area contributed by atoms with Crippen LogP contribution in [0.4, 0.5) is 0 Å². The second kappa shape index (κ2) is 10.9. The molecule has 0 saturated heterocycles. The van der Waals surface area contributed by atoms with Crippen molar-refractivity contribution in [1.82, 2.24) is 10.2 Å². The van der Waals surface area contributed by atoms with E-state index in [9.17, 15) is 4.79 Å². The fourth-order valence-corrected chi connectivity index (χ4v) is 2.64. The molecule has 3 N–H and O–H groups in total. The molecule has 25 heavy (non-hydrogen) atoms. The van der Waals surface area contributed by atoms with E-state index in [1.807, 2.05) is 30.3 Å². The van der Waals surface area contributed by atoms with Crippen LogP contribution in [0.5, 0.6) is 0 Å². The van der Waals surface area contributed by atoms with Gasteiger partial charge in [-0.3, -0.25) is 9.69 Å². The number of nitrogens with zero attached hydrogens (tertiary/aromatic N) is 1. The summed E-state index contributed by atoms with van der Waals surface area (Å²) in [6, 6.07) is 15.7. The highest BCUT2D eigenvalue weighted by molar-refractivity contribution is 5.94. The first-order chi connectivity index (χ1) is 11.7. The van der Waals surface area contributed by atoms with Gasteiger partial charge in [-0.05, 0) is 41.9 Å². The molecular formula is C20H28ClN3O. The van der Waals surface area contributed by atoms with Gasteiger partial charge in [0, 0.05) is 25.2 Å². The normalized spacial score (nSPS) is 10.4. The Morgan fingerprint density at radius 2 is 1.60 bits per heavy atom. The number of halogens is 1. The SMILES string of the molecule is CCN(CC)Cc1ccccc1CNC(=O)c1ccc(CN)cc1.Cl. The zero-order valence-electron chi connectivity index (χ0n) is 15.0. The van der Waals surface area contributed by atoms with Gasteiger partial charge in [-0.1, -0.05) is 50.2 Å². The standard InChI is InChI=1S/C20H27N3O.ClH/c1-3-23(4-2)15-19-8-6-5-7-18(19)14-22-20(24)17-11-9-16(13-21)10-12-17;/h5-12H,3-4,13-15,21H2,1-2H3,(H,22,24);1H. The van der Waals surface area contributed by atoms with Crippen molar-refractivity contribution in [3.05, 3.63) is 70.8 Å². The van der Waals surface area contributed by atoms with Crippen LogP contribution in [0.3, 0.4) is 0 Å². The summed E-state index contributed by atoms with van der Waals surface area (Å²) in [4.78, 5) is 14.7. The lowest BCUT2D eigenvalue weighted by Gasteiger charge is -2.20. The molecule has 0 aliphatic rings. The molecule has 1 amide bonds. The van der Waals surface area contributed by atoms with Crippen LogP contribution in [0, 0.1) is 0 Å². The average Bonchev–Trinajstić information content (AvgIpc) is 2.65. The van der Waals surface area contributed by atoms with Gasteiger partial charge in [-0.25, -0.2) is 0 Å². The van der Waals surface area contributed by atoms with Gasteiger partial charge >= 0.3 is 0 Å². The van der Waals surface area contributed by atoms with Crippen molar-refractivity contribution in [2.45, 2.75) is 33.5 Å². The smallest absolute Gasteiger partial charge is 0.251 e. The Hall–Kier alpha value is -1.88. The number of hydrogen-bond acceptors (Lipinski definition) is 3. The molecule has 0 aliphatic heterocycles. The Bertz CT molecular complexity index is 654. The molecule has 136 valence electrons. The van der Waals surface area contributed by atoms with Crippen LogP contribution in [0.2, 0.25) is 0 Å². The summed E-state index contributed by atoms with van der Waals surface area (Å²) in [5.74, 6) is -0.0591. The third kappa shape index (κ3) is 6.16. The number of carbonyl (C=O) groups excluding carboxylic acids is 1. The quantitative estimate of drug-likeness (QED) is 0.758. The monoisotopic (exact) mass is 361 g/mol.